The van der Waals surface area contributed by atoms with Crippen LogP contribution in [0, 0.1) is 6.92 Å². The summed E-state index contributed by atoms with van der Waals surface area (Å²) in [4.78, 5) is 11.2. The summed E-state index contributed by atoms with van der Waals surface area (Å²) < 4.78 is 5.75. The molecule has 0 aliphatic heterocycles. The van der Waals surface area contributed by atoms with E-state index in [2.05, 4.69) is 6.58 Å². The summed E-state index contributed by atoms with van der Waals surface area (Å²) in [7, 11) is 0. The fourth-order valence-electron chi connectivity index (χ4n) is 1.97. The number of ketones is 1. The van der Waals surface area contributed by atoms with E-state index in [-0.39, 0.29) is 5.78 Å². The van der Waals surface area contributed by atoms with E-state index in [4.69, 9.17) is 4.74 Å². The molecule has 0 N–H and O–H groups in total. The molecule has 0 aromatic heterocycles. The molecule has 2 heteroatoms. The fourth-order valence-corrected chi connectivity index (χ4v) is 1.97. The Morgan fingerprint density at radius 3 is 2.26 bits per heavy atom. The van der Waals surface area contributed by atoms with Crippen LogP contribution < -0.4 is 4.74 Å². The molecule has 0 spiro atoms. The second kappa shape index (κ2) is 7.95. The lowest BCUT2D eigenvalue weighted by molar-refractivity contribution is 0.101. The molecule has 0 saturated carbocycles. The maximum absolute atomic E-state index is 11.2. The Morgan fingerprint density at radius 1 is 1.04 bits per heavy atom. The third kappa shape index (κ3) is 5.11. The van der Waals surface area contributed by atoms with Crippen LogP contribution in [0.2, 0.25) is 0 Å². The predicted octanol–water partition coefficient (Wildman–Crippen LogP) is 5.36. The van der Waals surface area contributed by atoms with E-state index in [1.54, 1.807) is 13.0 Å². The molecule has 0 radical (unpaired) electrons. The number of hydrogen-bond donors (Lipinski definition) is 0. The third-order valence-corrected chi connectivity index (χ3v) is 3.32. The fraction of sp³-hybridized carbons (Fsp3) is 0.0952. The van der Waals surface area contributed by atoms with Gasteiger partial charge in [0.2, 0.25) is 0 Å². The van der Waals surface area contributed by atoms with E-state index < -0.39 is 0 Å². The molecule has 2 aromatic rings. The van der Waals surface area contributed by atoms with E-state index in [1.165, 1.54) is 5.56 Å². The van der Waals surface area contributed by atoms with E-state index in [9.17, 15) is 4.79 Å². The molecular formula is C21H20O2. The smallest absolute Gasteiger partial charge is 0.159 e. The Morgan fingerprint density at radius 2 is 1.70 bits per heavy atom. The van der Waals surface area contributed by atoms with E-state index in [0.29, 0.717) is 11.3 Å². The quantitative estimate of drug-likeness (QED) is 0.408. The van der Waals surface area contributed by atoms with Crippen molar-refractivity contribution in [2.45, 2.75) is 13.8 Å². The van der Waals surface area contributed by atoms with Gasteiger partial charge in [-0.15, -0.1) is 0 Å². The monoisotopic (exact) mass is 304 g/mol. The maximum Gasteiger partial charge on any atom is 0.159 e. The molecule has 2 rings (SSSR count). The van der Waals surface area contributed by atoms with Crippen LogP contribution in [0.15, 0.2) is 79.1 Å². The van der Waals surface area contributed by atoms with Gasteiger partial charge in [0.1, 0.15) is 11.5 Å². The number of carbonyl (C=O) groups is 1. The minimum atomic E-state index is 0.0702. The van der Waals surface area contributed by atoms with Gasteiger partial charge < -0.3 is 4.74 Å². The SMILES string of the molecule is C=C/C(=C\C=C\c1ccc(C(C)=O)cc1)Oc1ccc(C)cc1. The van der Waals surface area contributed by atoms with Crippen molar-refractivity contribution in [1.29, 1.82) is 0 Å². The predicted molar refractivity (Wildman–Crippen MR) is 95.6 cm³/mol. The average Bonchev–Trinajstić information content (AvgIpc) is 2.56. The lowest BCUT2D eigenvalue weighted by Crippen LogP contribution is -1.91. The Bertz CT molecular complexity index is 732. The first-order valence-electron chi connectivity index (χ1n) is 7.45. The van der Waals surface area contributed by atoms with Crippen LogP contribution in [0.4, 0.5) is 0 Å². The molecule has 0 atom stereocenters. The molecule has 0 fully saturated rings. The van der Waals surface area contributed by atoms with Gasteiger partial charge in [0.15, 0.2) is 5.78 Å². The van der Waals surface area contributed by atoms with Gasteiger partial charge in [-0.2, -0.15) is 0 Å². The lowest BCUT2D eigenvalue weighted by Gasteiger charge is -2.05. The van der Waals surface area contributed by atoms with E-state index >= 15 is 0 Å². The molecular weight excluding hydrogens is 284 g/mol. The van der Waals surface area contributed by atoms with Crippen LogP contribution in [-0.2, 0) is 0 Å². The standard InChI is InChI=1S/C21H20O2/c1-4-20(23-21-14-8-16(2)9-15-21)7-5-6-18-10-12-19(13-11-18)17(3)22/h4-15H,1H2,2-3H3/b6-5+,20-7+. The zero-order chi connectivity index (χ0) is 16.7. The Hall–Kier alpha value is -2.87. The topological polar surface area (TPSA) is 26.3 Å². The summed E-state index contributed by atoms with van der Waals surface area (Å²) in [6.45, 7) is 7.36. The van der Waals surface area contributed by atoms with Gasteiger partial charge in [0.05, 0.1) is 0 Å². The highest BCUT2D eigenvalue weighted by molar-refractivity contribution is 5.94. The second-order valence-electron chi connectivity index (χ2n) is 5.23. The molecule has 0 aliphatic rings. The summed E-state index contributed by atoms with van der Waals surface area (Å²) in [5.74, 6) is 1.52. The van der Waals surface area contributed by atoms with Gasteiger partial charge in [0.25, 0.3) is 0 Å². The van der Waals surface area contributed by atoms with Crippen molar-refractivity contribution in [3.63, 3.8) is 0 Å². The van der Waals surface area contributed by atoms with Crippen molar-refractivity contribution in [2.24, 2.45) is 0 Å². The number of allylic oxidation sites excluding steroid dienone is 3. The van der Waals surface area contributed by atoms with Gasteiger partial charge in [-0.25, -0.2) is 0 Å². The normalized spacial score (nSPS) is 11.5. The Balaban J connectivity index is 2.04. The van der Waals surface area contributed by atoms with Crippen LogP contribution in [0.25, 0.3) is 6.08 Å². The van der Waals surface area contributed by atoms with Crippen molar-refractivity contribution >= 4 is 11.9 Å². The first kappa shape index (κ1) is 16.5. The average molecular weight is 304 g/mol. The van der Waals surface area contributed by atoms with Gasteiger partial charge in [-0.3, -0.25) is 4.79 Å². The van der Waals surface area contributed by atoms with Crippen molar-refractivity contribution in [1.82, 2.24) is 0 Å². The molecule has 0 aliphatic carbocycles. The summed E-state index contributed by atoms with van der Waals surface area (Å²) in [6.07, 6.45) is 7.37. The Labute approximate surface area is 137 Å². The van der Waals surface area contributed by atoms with E-state index in [0.717, 1.165) is 11.3 Å². The van der Waals surface area contributed by atoms with Gasteiger partial charge in [-0.05, 0) is 43.7 Å². The summed E-state index contributed by atoms with van der Waals surface area (Å²) in [6, 6.07) is 15.3. The highest BCUT2D eigenvalue weighted by Crippen LogP contribution is 2.15. The zero-order valence-electron chi connectivity index (χ0n) is 13.5. The number of Topliss-reactive ketones (excluding diaryl/α,β-unsaturated/α-hetero) is 1. The first-order chi connectivity index (χ1) is 11.1. The maximum atomic E-state index is 11.2. The van der Waals surface area contributed by atoms with Crippen LogP contribution in [0.5, 0.6) is 5.75 Å². The van der Waals surface area contributed by atoms with Crippen LogP contribution in [0.1, 0.15) is 28.4 Å². The summed E-state index contributed by atoms with van der Waals surface area (Å²) >= 11 is 0. The third-order valence-electron chi connectivity index (χ3n) is 3.32. The highest BCUT2D eigenvalue weighted by atomic mass is 16.5. The Kier molecular flexibility index (Phi) is 5.70. The molecule has 0 unspecified atom stereocenters. The minimum Gasteiger partial charge on any atom is -0.457 e. The van der Waals surface area contributed by atoms with Crippen LogP contribution >= 0.6 is 0 Å². The minimum absolute atomic E-state index is 0.0702. The molecule has 0 saturated heterocycles. The molecule has 0 amide bonds. The highest BCUT2D eigenvalue weighted by Gasteiger charge is 1.97. The van der Waals surface area contributed by atoms with Crippen molar-refractivity contribution in [3.8, 4) is 5.75 Å². The van der Waals surface area contributed by atoms with Crippen molar-refractivity contribution < 1.29 is 9.53 Å². The number of aryl methyl sites for hydroxylation is 1. The van der Waals surface area contributed by atoms with Gasteiger partial charge >= 0.3 is 0 Å². The summed E-state index contributed by atoms with van der Waals surface area (Å²) in [5.41, 5.74) is 2.92. The van der Waals surface area contributed by atoms with Crippen molar-refractivity contribution in [3.05, 3.63) is 95.8 Å². The second-order valence-corrected chi connectivity index (χ2v) is 5.23. The van der Waals surface area contributed by atoms with Crippen LogP contribution in [-0.4, -0.2) is 5.78 Å². The van der Waals surface area contributed by atoms with Crippen LogP contribution in [0.3, 0.4) is 0 Å². The van der Waals surface area contributed by atoms with Gasteiger partial charge in [-0.1, -0.05) is 60.7 Å². The number of carbonyl (C=O) groups excluding carboxylic acids is 1. The van der Waals surface area contributed by atoms with Crippen molar-refractivity contribution in [2.75, 3.05) is 0 Å². The largest absolute Gasteiger partial charge is 0.457 e. The molecule has 116 valence electrons. The first-order valence-corrected chi connectivity index (χ1v) is 7.45. The number of benzene rings is 2. The molecule has 0 bridgehead atoms. The molecule has 23 heavy (non-hydrogen) atoms. The summed E-state index contributed by atoms with van der Waals surface area (Å²) in [5, 5.41) is 0. The van der Waals surface area contributed by atoms with Gasteiger partial charge in [0, 0.05) is 5.56 Å². The molecule has 2 aromatic carbocycles. The lowest BCUT2D eigenvalue weighted by atomic mass is 10.1. The zero-order valence-corrected chi connectivity index (χ0v) is 13.5. The number of rotatable bonds is 6. The molecule has 0 heterocycles. The molecule has 2 nitrogen and oxygen atoms in total. The number of ether oxygens (including phenoxy) is 1. The van der Waals surface area contributed by atoms with E-state index in [1.807, 2.05) is 73.7 Å². The number of hydrogen-bond acceptors (Lipinski definition) is 2.